The quantitative estimate of drug-likeness (QED) is 0.919. The molecule has 0 heterocycles. The Morgan fingerprint density at radius 1 is 1.25 bits per heavy atom. The molecule has 2 atom stereocenters. The van der Waals surface area contributed by atoms with Crippen molar-refractivity contribution in [1.82, 2.24) is 0 Å². The summed E-state index contributed by atoms with van der Waals surface area (Å²) < 4.78 is 11.6. The summed E-state index contributed by atoms with van der Waals surface area (Å²) in [5.41, 5.74) is 7.29. The van der Waals surface area contributed by atoms with Gasteiger partial charge in [-0.25, -0.2) is 0 Å². The third kappa shape index (κ3) is 2.64. The minimum atomic E-state index is 0.0138. The van der Waals surface area contributed by atoms with E-state index in [2.05, 4.69) is 40.7 Å². The van der Waals surface area contributed by atoms with E-state index in [4.69, 9.17) is 15.2 Å². The molecule has 1 aliphatic rings. The molecule has 2 N–H and O–H groups in total. The number of hydrogen-bond donors (Lipinski definition) is 1. The lowest BCUT2D eigenvalue weighted by molar-refractivity contribution is -0.0408. The first-order valence-electron chi connectivity index (χ1n) is 7.27. The van der Waals surface area contributed by atoms with Crippen molar-refractivity contribution in [3.05, 3.63) is 23.8 Å². The number of hydrogen-bond acceptors (Lipinski definition) is 3. The summed E-state index contributed by atoms with van der Waals surface area (Å²) in [5, 5.41) is 0. The Hall–Kier alpha value is -1.22. The fourth-order valence-electron chi connectivity index (χ4n) is 2.59. The molecule has 0 saturated heterocycles. The van der Waals surface area contributed by atoms with Gasteiger partial charge in [-0.2, -0.15) is 0 Å². The lowest BCUT2D eigenvalue weighted by Gasteiger charge is -2.50. The van der Waals surface area contributed by atoms with Crippen LogP contribution in [0.2, 0.25) is 0 Å². The molecule has 3 nitrogen and oxygen atoms in total. The SMILES string of the molecule is COc1ccc(OC2CC(N)C2(C)C)c(C(C)(C)C)c1. The smallest absolute Gasteiger partial charge is 0.123 e. The highest BCUT2D eigenvalue weighted by molar-refractivity contribution is 5.44. The second-order valence-corrected chi connectivity index (χ2v) is 7.38. The van der Waals surface area contributed by atoms with Gasteiger partial charge in [0.05, 0.1) is 7.11 Å². The van der Waals surface area contributed by atoms with Crippen molar-refractivity contribution >= 4 is 0 Å². The van der Waals surface area contributed by atoms with Gasteiger partial charge in [-0.1, -0.05) is 34.6 Å². The van der Waals surface area contributed by atoms with E-state index in [0.29, 0.717) is 0 Å². The van der Waals surface area contributed by atoms with E-state index < -0.39 is 0 Å². The van der Waals surface area contributed by atoms with Gasteiger partial charge in [0, 0.05) is 23.4 Å². The molecule has 0 spiro atoms. The number of methoxy groups -OCH3 is 1. The van der Waals surface area contributed by atoms with Crippen LogP contribution < -0.4 is 15.2 Å². The molecule has 0 amide bonds. The summed E-state index contributed by atoms with van der Waals surface area (Å²) in [5.74, 6) is 1.81. The van der Waals surface area contributed by atoms with Gasteiger partial charge >= 0.3 is 0 Å². The largest absolute Gasteiger partial charge is 0.497 e. The maximum absolute atomic E-state index is 6.26. The zero-order valence-corrected chi connectivity index (χ0v) is 13.5. The molecule has 2 unspecified atom stereocenters. The first kappa shape index (κ1) is 15.2. The fourth-order valence-corrected chi connectivity index (χ4v) is 2.59. The third-order valence-corrected chi connectivity index (χ3v) is 4.52. The van der Waals surface area contributed by atoms with Crippen LogP contribution in [0.1, 0.15) is 46.6 Å². The van der Waals surface area contributed by atoms with Crippen LogP contribution in [-0.4, -0.2) is 19.3 Å². The highest BCUT2D eigenvalue weighted by Crippen LogP contribution is 2.44. The van der Waals surface area contributed by atoms with E-state index >= 15 is 0 Å². The highest BCUT2D eigenvalue weighted by Gasteiger charge is 2.48. The van der Waals surface area contributed by atoms with Gasteiger partial charge in [-0.05, 0) is 23.6 Å². The summed E-state index contributed by atoms with van der Waals surface area (Å²) in [7, 11) is 1.69. The van der Waals surface area contributed by atoms with Gasteiger partial charge in [0.25, 0.3) is 0 Å². The molecular formula is C17H27NO2. The lowest BCUT2D eigenvalue weighted by Crippen LogP contribution is -2.60. The van der Waals surface area contributed by atoms with Crippen molar-refractivity contribution < 1.29 is 9.47 Å². The molecule has 1 aliphatic carbocycles. The van der Waals surface area contributed by atoms with Crippen molar-refractivity contribution in [1.29, 1.82) is 0 Å². The standard InChI is InChI=1S/C17H27NO2/c1-16(2,3)12-9-11(19-6)7-8-13(12)20-15-10-14(18)17(15,4)5/h7-9,14-15H,10,18H2,1-6H3. The molecule has 1 saturated carbocycles. The molecule has 1 aromatic rings. The molecule has 0 aliphatic heterocycles. The molecule has 1 aromatic carbocycles. The van der Waals surface area contributed by atoms with E-state index in [1.165, 1.54) is 5.56 Å². The van der Waals surface area contributed by atoms with Crippen LogP contribution in [-0.2, 0) is 5.41 Å². The Morgan fingerprint density at radius 2 is 1.90 bits per heavy atom. The number of nitrogens with two attached hydrogens (primary N) is 1. The monoisotopic (exact) mass is 277 g/mol. The maximum Gasteiger partial charge on any atom is 0.123 e. The topological polar surface area (TPSA) is 44.5 Å². The Kier molecular flexibility index (Phi) is 3.76. The summed E-state index contributed by atoms with van der Waals surface area (Å²) in [6.07, 6.45) is 1.11. The van der Waals surface area contributed by atoms with Crippen LogP contribution in [0, 0.1) is 5.41 Å². The van der Waals surface area contributed by atoms with E-state index in [-0.39, 0.29) is 23.0 Å². The maximum atomic E-state index is 6.26. The van der Waals surface area contributed by atoms with E-state index in [1.807, 2.05) is 12.1 Å². The minimum absolute atomic E-state index is 0.0138. The van der Waals surface area contributed by atoms with Gasteiger partial charge in [-0.3, -0.25) is 0 Å². The third-order valence-electron chi connectivity index (χ3n) is 4.52. The van der Waals surface area contributed by atoms with Gasteiger partial charge < -0.3 is 15.2 Å². The average molecular weight is 277 g/mol. The molecule has 0 bridgehead atoms. The molecule has 3 heteroatoms. The Morgan fingerprint density at radius 3 is 2.35 bits per heavy atom. The van der Waals surface area contributed by atoms with Gasteiger partial charge in [0.2, 0.25) is 0 Å². The van der Waals surface area contributed by atoms with Crippen molar-refractivity contribution in [3.63, 3.8) is 0 Å². The first-order valence-corrected chi connectivity index (χ1v) is 7.27. The van der Waals surface area contributed by atoms with Crippen molar-refractivity contribution in [2.24, 2.45) is 11.1 Å². The van der Waals surface area contributed by atoms with Gasteiger partial charge in [-0.15, -0.1) is 0 Å². The molecule has 0 aromatic heterocycles. The summed E-state index contributed by atoms with van der Waals surface area (Å²) in [4.78, 5) is 0. The first-order chi connectivity index (χ1) is 9.16. The Bertz CT molecular complexity index is 488. The average Bonchev–Trinajstić information content (AvgIpc) is 2.37. The van der Waals surface area contributed by atoms with Crippen LogP contribution in [0.5, 0.6) is 11.5 Å². The highest BCUT2D eigenvalue weighted by atomic mass is 16.5. The second kappa shape index (κ2) is 4.96. The predicted octanol–water partition coefficient (Wildman–Crippen LogP) is 3.50. The van der Waals surface area contributed by atoms with Crippen LogP contribution in [0.15, 0.2) is 18.2 Å². The Balaban J connectivity index is 2.28. The van der Waals surface area contributed by atoms with Crippen LogP contribution in [0.25, 0.3) is 0 Å². The van der Waals surface area contributed by atoms with Crippen molar-refractivity contribution in [3.8, 4) is 11.5 Å². The summed E-state index contributed by atoms with van der Waals surface area (Å²) in [6.45, 7) is 10.9. The summed E-state index contributed by atoms with van der Waals surface area (Å²) in [6, 6.07) is 6.26. The van der Waals surface area contributed by atoms with Crippen molar-refractivity contribution in [2.75, 3.05) is 7.11 Å². The van der Waals surface area contributed by atoms with Gasteiger partial charge in [0.15, 0.2) is 0 Å². The predicted molar refractivity (Wildman–Crippen MR) is 82.5 cm³/mol. The zero-order valence-electron chi connectivity index (χ0n) is 13.5. The lowest BCUT2D eigenvalue weighted by atomic mass is 9.65. The van der Waals surface area contributed by atoms with Crippen LogP contribution in [0.4, 0.5) is 0 Å². The van der Waals surface area contributed by atoms with E-state index in [1.54, 1.807) is 7.11 Å². The molecule has 20 heavy (non-hydrogen) atoms. The van der Waals surface area contributed by atoms with Crippen LogP contribution >= 0.6 is 0 Å². The molecule has 1 fully saturated rings. The summed E-state index contributed by atoms with van der Waals surface area (Å²) >= 11 is 0. The zero-order chi connectivity index (χ0) is 15.1. The molecule has 112 valence electrons. The fraction of sp³-hybridized carbons (Fsp3) is 0.647. The normalized spacial score (nSPS) is 24.9. The van der Waals surface area contributed by atoms with E-state index in [9.17, 15) is 0 Å². The van der Waals surface area contributed by atoms with Gasteiger partial charge in [0.1, 0.15) is 17.6 Å². The Labute approximate surface area is 122 Å². The number of ether oxygens (including phenoxy) is 2. The van der Waals surface area contributed by atoms with Crippen molar-refractivity contribution in [2.45, 2.75) is 58.6 Å². The molecule has 2 rings (SSSR count). The minimum Gasteiger partial charge on any atom is -0.497 e. The van der Waals surface area contributed by atoms with E-state index in [0.717, 1.165) is 17.9 Å². The number of rotatable bonds is 3. The molecule has 0 radical (unpaired) electrons. The molecular weight excluding hydrogens is 250 g/mol. The second-order valence-electron chi connectivity index (χ2n) is 7.38. The number of benzene rings is 1. The van der Waals surface area contributed by atoms with Crippen LogP contribution in [0.3, 0.4) is 0 Å².